The summed E-state index contributed by atoms with van der Waals surface area (Å²) in [6.45, 7) is 4.33. The zero-order chi connectivity index (χ0) is 26.9. The molecule has 200 valence electrons. The standard InChI is InChI=1S/C29H35N5O3S/c1-5-6-7-27(35)31-20-11-26(38-16-20)24-15-30-14-23(32-24)19-8-9-22(25(10-19)37-4)28(36)34(3)21-12-29(13-21)17-33(2)18-29/h8-11,14-16,21H,5-7,12-13,17-18H2,1-4H3,(H,31,35). The molecule has 38 heavy (non-hydrogen) atoms. The summed E-state index contributed by atoms with van der Waals surface area (Å²) in [5.74, 6) is 0.529. The van der Waals surface area contributed by atoms with Gasteiger partial charge in [-0.05, 0) is 49.9 Å². The lowest BCUT2D eigenvalue weighted by atomic mass is 9.60. The van der Waals surface area contributed by atoms with Gasteiger partial charge in [0.15, 0.2) is 0 Å². The Morgan fingerprint density at radius 2 is 1.97 bits per heavy atom. The first-order valence-corrected chi connectivity index (χ1v) is 14.0. The van der Waals surface area contributed by atoms with Crippen LogP contribution in [0.2, 0.25) is 0 Å². The van der Waals surface area contributed by atoms with E-state index in [2.05, 4.69) is 29.2 Å². The lowest BCUT2D eigenvalue weighted by Crippen LogP contribution is -2.65. The van der Waals surface area contributed by atoms with Gasteiger partial charge in [0.05, 0.1) is 47.0 Å². The van der Waals surface area contributed by atoms with Crippen molar-refractivity contribution in [2.24, 2.45) is 5.41 Å². The van der Waals surface area contributed by atoms with Gasteiger partial charge in [0.25, 0.3) is 5.91 Å². The van der Waals surface area contributed by atoms with Crippen molar-refractivity contribution in [3.05, 3.63) is 47.6 Å². The summed E-state index contributed by atoms with van der Waals surface area (Å²) in [5, 5.41) is 4.87. The van der Waals surface area contributed by atoms with Crippen LogP contribution in [0.1, 0.15) is 49.4 Å². The highest BCUT2D eigenvalue weighted by molar-refractivity contribution is 7.14. The molecule has 1 saturated carbocycles. The molecule has 3 heterocycles. The summed E-state index contributed by atoms with van der Waals surface area (Å²) in [6, 6.07) is 7.77. The van der Waals surface area contributed by atoms with Crippen LogP contribution in [0.4, 0.5) is 5.69 Å². The van der Waals surface area contributed by atoms with Crippen LogP contribution < -0.4 is 10.1 Å². The van der Waals surface area contributed by atoms with E-state index < -0.39 is 0 Å². The van der Waals surface area contributed by atoms with Gasteiger partial charge in [-0.2, -0.15) is 0 Å². The van der Waals surface area contributed by atoms with Crippen molar-refractivity contribution in [1.29, 1.82) is 0 Å². The van der Waals surface area contributed by atoms with Crippen molar-refractivity contribution in [2.45, 2.75) is 45.1 Å². The topological polar surface area (TPSA) is 87.7 Å². The number of thiophene rings is 1. The minimum Gasteiger partial charge on any atom is -0.496 e. The number of carbonyl (C=O) groups excluding carboxylic acids is 2. The van der Waals surface area contributed by atoms with Crippen molar-refractivity contribution in [3.63, 3.8) is 0 Å². The van der Waals surface area contributed by atoms with Gasteiger partial charge in [0.2, 0.25) is 5.91 Å². The number of nitrogens with one attached hydrogen (secondary N) is 1. The Labute approximate surface area is 228 Å². The molecule has 9 heteroatoms. The average Bonchev–Trinajstić information content (AvgIpc) is 3.36. The molecule has 5 rings (SSSR count). The van der Waals surface area contributed by atoms with E-state index in [1.165, 1.54) is 11.3 Å². The van der Waals surface area contributed by atoms with Crippen molar-refractivity contribution >= 4 is 28.8 Å². The molecule has 1 spiro atoms. The number of amides is 2. The molecule has 1 aliphatic carbocycles. The van der Waals surface area contributed by atoms with Gasteiger partial charge in [0, 0.05) is 43.5 Å². The van der Waals surface area contributed by atoms with E-state index in [-0.39, 0.29) is 17.9 Å². The summed E-state index contributed by atoms with van der Waals surface area (Å²) in [4.78, 5) is 39.8. The predicted molar refractivity (Wildman–Crippen MR) is 151 cm³/mol. The highest BCUT2D eigenvalue weighted by atomic mass is 32.1. The number of rotatable bonds is 9. The van der Waals surface area contributed by atoms with Gasteiger partial charge < -0.3 is 19.9 Å². The summed E-state index contributed by atoms with van der Waals surface area (Å²) in [7, 11) is 5.63. The minimum atomic E-state index is -0.0205. The van der Waals surface area contributed by atoms with Gasteiger partial charge in [-0.1, -0.05) is 19.4 Å². The second kappa shape index (κ2) is 10.8. The Kier molecular flexibility index (Phi) is 7.49. The van der Waals surface area contributed by atoms with Crippen LogP contribution >= 0.6 is 11.3 Å². The molecule has 1 N–H and O–H groups in total. The number of unbranched alkanes of at least 4 members (excludes halogenated alkanes) is 1. The van der Waals surface area contributed by atoms with E-state index >= 15 is 0 Å². The van der Waals surface area contributed by atoms with Crippen molar-refractivity contribution in [2.75, 3.05) is 39.6 Å². The Morgan fingerprint density at radius 1 is 1.21 bits per heavy atom. The number of anilines is 1. The van der Waals surface area contributed by atoms with Crippen molar-refractivity contribution < 1.29 is 14.3 Å². The van der Waals surface area contributed by atoms with Gasteiger partial charge >= 0.3 is 0 Å². The summed E-state index contributed by atoms with van der Waals surface area (Å²) in [5.41, 5.74) is 3.96. The average molecular weight is 534 g/mol. The van der Waals surface area contributed by atoms with Gasteiger partial charge in [-0.3, -0.25) is 14.6 Å². The van der Waals surface area contributed by atoms with E-state index in [4.69, 9.17) is 9.72 Å². The molecular formula is C29H35N5O3S. The Morgan fingerprint density at radius 3 is 2.68 bits per heavy atom. The van der Waals surface area contributed by atoms with Crippen LogP contribution in [-0.4, -0.2) is 71.9 Å². The number of aromatic nitrogens is 2. The molecule has 0 unspecified atom stereocenters. The quantitative estimate of drug-likeness (QED) is 0.408. The molecule has 2 fully saturated rings. The van der Waals surface area contributed by atoms with Gasteiger partial charge in [0.1, 0.15) is 5.75 Å². The third-order valence-electron chi connectivity index (χ3n) is 7.67. The molecule has 2 aromatic heterocycles. The maximum Gasteiger partial charge on any atom is 0.257 e. The molecule has 0 bridgehead atoms. The van der Waals surface area contributed by atoms with Crippen LogP contribution in [0, 0.1) is 5.41 Å². The Hall–Kier alpha value is -3.30. The zero-order valence-electron chi connectivity index (χ0n) is 22.5. The first kappa shape index (κ1) is 26.3. The summed E-state index contributed by atoms with van der Waals surface area (Å²) >= 11 is 1.51. The molecule has 1 aromatic carbocycles. The fourth-order valence-electron chi connectivity index (χ4n) is 5.67. The van der Waals surface area contributed by atoms with Gasteiger partial charge in [-0.25, -0.2) is 4.98 Å². The highest BCUT2D eigenvalue weighted by Crippen LogP contribution is 2.49. The highest BCUT2D eigenvalue weighted by Gasteiger charge is 2.52. The molecule has 1 saturated heterocycles. The number of benzene rings is 1. The normalized spacial score (nSPS) is 16.5. The molecule has 8 nitrogen and oxygen atoms in total. The van der Waals surface area contributed by atoms with Crippen LogP contribution in [0.5, 0.6) is 5.75 Å². The number of hydrogen-bond donors (Lipinski definition) is 1. The zero-order valence-corrected chi connectivity index (χ0v) is 23.3. The van der Waals surface area contributed by atoms with Crippen molar-refractivity contribution in [3.8, 4) is 27.6 Å². The number of methoxy groups -OCH3 is 1. The van der Waals surface area contributed by atoms with Crippen LogP contribution in [0.15, 0.2) is 42.0 Å². The predicted octanol–water partition coefficient (Wildman–Crippen LogP) is 5.18. The molecule has 3 aromatic rings. The monoisotopic (exact) mass is 533 g/mol. The first-order chi connectivity index (χ1) is 18.3. The summed E-state index contributed by atoms with van der Waals surface area (Å²) in [6.07, 6.45) is 7.93. The Bertz CT molecular complexity index is 1330. The fourth-order valence-corrected chi connectivity index (χ4v) is 6.47. The molecular weight excluding hydrogens is 498 g/mol. The lowest BCUT2D eigenvalue weighted by Gasteiger charge is -2.59. The third-order valence-corrected chi connectivity index (χ3v) is 8.62. The van der Waals surface area contributed by atoms with E-state index in [0.29, 0.717) is 28.8 Å². The lowest BCUT2D eigenvalue weighted by molar-refractivity contribution is -0.116. The largest absolute Gasteiger partial charge is 0.496 e. The molecule has 0 atom stereocenters. The SMILES string of the molecule is CCCCC(=O)Nc1csc(-c2cncc(-c3ccc(C(=O)N(C)C4CC5(C4)CN(C)C5)c(OC)c3)n2)c1. The number of carbonyl (C=O) groups is 2. The number of ether oxygens (including phenoxy) is 1. The maximum atomic E-state index is 13.3. The van der Waals surface area contributed by atoms with Crippen LogP contribution in [-0.2, 0) is 4.79 Å². The van der Waals surface area contributed by atoms with E-state index in [1.807, 2.05) is 41.6 Å². The number of hydrogen-bond acceptors (Lipinski definition) is 7. The molecule has 1 aliphatic heterocycles. The maximum absolute atomic E-state index is 13.3. The number of likely N-dealkylation sites (tertiary alicyclic amines) is 1. The minimum absolute atomic E-state index is 0.0205. The third kappa shape index (κ3) is 5.31. The van der Waals surface area contributed by atoms with Crippen molar-refractivity contribution in [1.82, 2.24) is 19.8 Å². The molecule has 2 amide bonds. The van der Waals surface area contributed by atoms with E-state index in [0.717, 1.165) is 60.6 Å². The van der Waals surface area contributed by atoms with Crippen LogP contribution in [0.3, 0.4) is 0 Å². The Balaban J connectivity index is 1.29. The summed E-state index contributed by atoms with van der Waals surface area (Å²) < 4.78 is 5.64. The molecule has 2 aliphatic rings. The van der Waals surface area contributed by atoms with E-state index in [1.54, 1.807) is 19.5 Å². The second-order valence-electron chi connectivity index (χ2n) is 10.7. The van der Waals surface area contributed by atoms with E-state index in [9.17, 15) is 9.59 Å². The fraction of sp³-hybridized carbons (Fsp3) is 0.448. The van der Waals surface area contributed by atoms with Gasteiger partial charge in [-0.15, -0.1) is 11.3 Å². The first-order valence-electron chi connectivity index (χ1n) is 13.2. The number of nitrogens with zero attached hydrogens (tertiary/aromatic N) is 4. The molecule has 0 radical (unpaired) electrons. The smallest absolute Gasteiger partial charge is 0.257 e. The van der Waals surface area contributed by atoms with Crippen LogP contribution in [0.25, 0.3) is 21.8 Å². The second-order valence-corrected chi connectivity index (χ2v) is 11.6.